The van der Waals surface area contributed by atoms with E-state index in [1.807, 2.05) is 5.38 Å². The normalized spacial score (nSPS) is 17.2. The van der Waals surface area contributed by atoms with Crippen molar-refractivity contribution in [2.24, 2.45) is 0 Å². The average Bonchev–Trinajstić information content (AvgIpc) is 3.19. The topological polar surface area (TPSA) is 60.5 Å². The molecule has 1 saturated heterocycles. The van der Waals surface area contributed by atoms with E-state index in [0.717, 1.165) is 25.0 Å². The summed E-state index contributed by atoms with van der Waals surface area (Å²) in [7, 11) is 0. The van der Waals surface area contributed by atoms with E-state index in [1.54, 1.807) is 18.2 Å². The Morgan fingerprint density at radius 2 is 2.33 bits per heavy atom. The Bertz CT molecular complexity index is 717. The zero-order chi connectivity index (χ0) is 16.9. The monoisotopic (exact) mass is 386 g/mol. The molecule has 2 aromatic rings. The van der Waals surface area contributed by atoms with Gasteiger partial charge in [0.1, 0.15) is 6.61 Å². The lowest BCUT2D eigenvalue weighted by atomic mass is 10.2. The molecule has 1 aliphatic heterocycles. The predicted molar refractivity (Wildman–Crippen MR) is 96.0 cm³/mol. The summed E-state index contributed by atoms with van der Waals surface area (Å²) in [6.07, 6.45) is 2.14. The van der Waals surface area contributed by atoms with Crippen LogP contribution in [0.1, 0.15) is 12.8 Å². The van der Waals surface area contributed by atoms with Crippen molar-refractivity contribution >= 4 is 45.6 Å². The molecule has 0 bridgehead atoms. The van der Waals surface area contributed by atoms with Gasteiger partial charge in [0.05, 0.1) is 23.4 Å². The first-order valence-electron chi connectivity index (χ1n) is 7.52. The number of anilines is 1. The molecule has 5 nitrogen and oxygen atoms in total. The summed E-state index contributed by atoms with van der Waals surface area (Å²) in [6, 6.07) is 5.21. The van der Waals surface area contributed by atoms with Gasteiger partial charge in [0, 0.05) is 22.6 Å². The van der Waals surface area contributed by atoms with Crippen LogP contribution in [0.5, 0.6) is 0 Å². The summed E-state index contributed by atoms with van der Waals surface area (Å²) >= 11 is 13.4. The van der Waals surface area contributed by atoms with Crippen molar-refractivity contribution in [1.82, 2.24) is 4.98 Å². The Hall–Kier alpha value is -1.18. The SMILES string of the molecule is O=C(COCC1CCCO1)Nc1nc(-c2ccc(Cl)cc2Cl)cs1. The molecule has 1 aliphatic rings. The minimum Gasteiger partial charge on any atom is -0.376 e. The van der Waals surface area contributed by atoms with Crippen molar-refractivity contribution in [2.45, 2.75) is 18.9 Å². The highest BCUT2D eigenvalue weighted by Gasteiger charge is 2.16. The second-order valence-corrected chi connectivity index (χ2v) is 7.06. The highest BCUT2D eigenvalue weighted by molar-refractivity contribution is 7.14. The summed E-state index contributed by atoms with van der Waals surface area (Å²) < 4.78 is 10.8. The fraction of sp³-hybridized carbons (Fsp3) is 0.375. The summed E-state index contributed by atoms with van der Waals surface area (Å²) in [6.45, 7) is 1.20. The second kappa shape index (κ2) is 8.27. The van der Waals surface area contributed by atoms with Gasteiger partial charge < -0.3 is 9.47 Å². The molecule has 8 heteroatoms. The van der Waals surface area contributed by atoms with Crippen LogP contribution in [0.15, 0.2) is 23.6 Å². The number of nitrogens with zero attached hydrogens (tertiary/aromatic N) is 1. The lowest BCUT2D eigenvalue weighted by Crippen LogP contribution is -2.22. The first kappa shape index (κ1) is 17.6. The number of thiazole rings is 1. The van der Waals surface area contributed by atoms with E-state index in [9.17, 15) is 4.79 Å². The van der Waals surface area contributed by atoms with Crippen molar-refractivity contribution in [3.63, 3.8) is 0 Å². The number of ether oxygens (including phenoxy) is 2. The van der Waals surface area contributed by atoms with Crippen molar-refractivity contribution < 1.29 is 14.3 Å². The maximum Gasteiger partial charge on any atom is 0.252 e. The van der Waals surface area contributed by atoms with Crippen LogP contribution in [0.2, 0.25) is 10.0 Å². The summed E-state index contributed by atoms with van der Waals surface area (Å²) in [4.78, 5) is 16.3. The molecular weight excluding hydrogens is 371 g/mol. The van der Waals surface area contributed by atoms with Gasteiger partial charge in [-0.05, 0) is 31.0 Å². The number of hydrogen-bond acceptors (Lipinski definition) is 5. The lowest BCUT2D eigenvalue weighted by Gasteiger charge is -2.09. The third-order valence-electron chi connectivity index (χ3n) is 3.52. The molecule has 1 amide bonds. The lowest BCUT2D eigenvalue weighted by molar-refractivity contribution is -0.121. The van der Waals surface area contributed by atoms with E-state index < -0.39 is 0 Å². The minimum atomic E-state index is -0.240. The number of nitrogens with one attached hydrogen (secondary N) is 1. The van der Waals surface area contributed by atoms with E-state index in [0.29, 0.717) is 27.5 Å². The molecular formula is C16H16Cl2N2O3S. The maximum absolute atomic E-state index is 11.9. The van der Waals surface area contributed by atoms with E-state index in [4.69, 9.17) is 32.7 Å². The van der Waals surface area contributed by atoms with Crippen molar-refractivity contribution in [2.75, 3.05) is 25.1 Å². The van der Waals surface area contributed by atoms with Crippen molar-refractivity contribution in [3.05, 3.63) is 33.6 Å². The number of amides is 1. The number of carbonyl (C=O) groups is 1. The first-order chi connectivity index (χ1) is 11.6. The fourth-order valence-electron chi connectivity index (χ4n) is 2.37. The Morgan fingerprint density at radius 1 is 1.46 bits per heavy atom. The number of carbonyl (C=O) groups excluding carboxylic acids is 1. The van der Waals surface area contributed by atoms with Crippen LogP contribution in [0.25, 0.3) is 11.3 Å². The smallest absolute Gasteiger partial charge is 0.252 e. The first-order valence-corrected chi connectivity index (χ1v) is 9.15. The van der Waals surface area contributed by atoms with Crippen LogP contribution in [0.3, 0.4) is 0 Å². The number of rotatable bonds is 6. The Labute approximate surface area is 153 Å². The number of hydrogen-bond donors (Lipinski definition) is 1. The molecule has 1 N–H and O–H groups in total. The molecule has 1 atom stereocenters. The van der Waals surface area contributed by atoms with Crippen LogP contribution >= 0.6 is 34.5 Å². The van der Waals surface area contributed by atoms with Crippen LogP contribution in [-0.4, -0.2) is 36.8 Å². The van der Waals surface area contributed by atoms with Gasteiger partial charge in [0.25, 0.3) is 5.91 Å². The van der Waals surface area contributed by atoms with Crippen LogP contribution in [-0.2, 0) is 14.3 Å². The van der Waals surface area contributed by atoms with Crippen molar-refractivity contribution in [1.29, 1.82) is 0 Å². The fourth-order valence-corrected chi connectivity index (χ4v) is 3.60. The molecule has 24 heavy (non-hydrogen) atoms. The van der Waals surface area contributed by atoms with E-state index in [2.05, 4.69) is 10.3 Å². The molecule has 1 aromatic carbocycles. The summed E-state index contributed by atoms with van der Waals surface area (Å²) in [5, 5.41) is 6.14. The number of benzene rings is 1. The zero-order valence-corrected chi connectivity index (χ0v) is 15.1. The molecule has 1 unspecified atom stereocenters. The Balaban J connectivity index is 1.52. The highest BCUT2D eigenvalue weighted by atomic mass is 35.5. The van der Waals surface area contributed by atoms with Gasteiger partial charge in [0.15, 0.2) is 5.13 Å². The molecule has 0 aliphatic carbocycles. The summed E-state index contributed by atoms with van der Waals surface area (Å²) in [5.41, 5.74) is 1.46. The summed E-state index contributed by atoms with van der Waals surface area (Å²) in [5.74, 6) is -0.240. The van der Waals surface area contributed by atoms with Gasteiger partial charge in [-0.25, -0.2) is 4.98 Å². The molecule has 0 saturated carbocycles. The van der Waals surface area contributed by atoms with Crippen LogP contribution in [0, 0.1) is 0 Å². The average molecular weight is 387 g/mol. The molecule has 0 spiro atoms. The highest BCUT2D eigenvalue weighted by Crippen LogP contribution is 2.32. The molecule has 1 aromatic heterocycles. The molecule has 128 valence electrons. The van der Waals surface area contributed by atoms with Gasteiger partial charge in [-0.1, -0.05) is 23.2 Å². The molecule has 3 rings (SSSR count). The molecule has 2 heterocycles. The van der Waals surface area contributed by atoms with Gasteiger partial charge >= 0.3 is 0 Å². The van der Waals surface area contributed by atoms with E-state index in [-0.39, 0.29) is 18.6 Å². The number of halogens is 2. The van der Waals surface area contributed by atoms with Gasteiger partial charge in [-0.15, -0.1) is 11.3 Å². The van der Waals surface area contributed by atoms with Gasteiger partial charge in [-0.2, -0.15) is 0 Å². The van der Waals surface area contributed by atoms with Crippen LogP contribution in [0.4, 0.5) is 5.13 Å². The molecule has 1 fully saturated rings. The van der Waals surface area contributed by atoms with Gasteiger partial charge in [-0.3, -0.25) is 10.1 Å². The third-order valence-corrected chi connectivity index (χ3v) is 4.82. The Kier molecular flexibility index (Phi) is 6.08. The van der Waals surface area contributed by atoms with Crippen LogP contribution < -0.4 is 5.32 Å². The quantitative estimate of drug-likeness (QED) is 0.805. The largest absolute Gasteiger partial charge is 0.376 e. The Morgan fingerprint density at radius 3 is 3.08 bits per heavy atom. The van der Waals surface area contributed by atoms with Crippen molar-refractivity contribution in [3.8, 4) is 11.3 Å². The van der Waals surface area contributed by atoms with E-state index in [1.165, 1.54) is 11.3 Å². The minimum absolute atomic E-state index is 0.0174. The number of aromatic nitrogens is 1. The van der Waals surface area contributed by atoms with E-state index >= 15 is 0 Å². The standard InChI is InChI=1S/C16H16Cl2N2O3S/c17-10-3-4-12(13(18)6-10)14-9-24-16(19-14)20-15(21)8-22-7-11-2-1-5-23-11/h3-4,6,9,11H,1-2,5,7-8H2,(H,19,20,21). The molecule has 0 radical (unpaired) electrons. The zero-order valence-electron chi connectivity index (χ0n) is 12.8. The predicted octanol–water partition coefficient (Wildman–Crippen LogP) is 4.25. The maximum atomic E-state index is 11.9. The third kappa shape index (κ3) is 4.68. The second-order valence-electron chi connectivity index (χ2n) is 5.36. The van der Waals surface area contributed by atoms with Gasteiger partial charge in [0.2, 0.25) is 0 Å².